The van der Waals surface area contributed by atoms with Crippen molar-refractivity contribution in [3.8, 4) is 5.75 Å². The average molecular weight is 315 g/mol. The molecule has 0 saturated heterocycles. The molecule has 0 amide bonds. The molecule has 23 heavy (non-hydrogen) atoms. The van der Waals surface area contributed by atoms with Crippen molar-refractivity contribution < 1.29 is 9.84 Å². The van der Waals surface area contributed by atoms with Crippen molar-refractivity contribution in [3.05, 3.63) is 23.9 Å². The highest BCUT2D eigenvalue weighted by atomic mass is 16.5. The summed E-state index contributed by atoms with van der Waals surface area (Å²) in [5, 5.41) is 10.9. The minimum Gasteiger partial charge on any atom is -0.497 e. The first-order valence-electron chi connectivity index (χ1n) is 8.21. The van der Waals surface area contributed by atoms with E-state index in [1.54, 1.807) is 7.11 Å². The van der Waals surface area contributed by atoms with Crippen molar-refractivity contribution in [1.82, 2.24) is 9.97 Å². The van der Waals surface area contributed by atoms with Gasteiger partial charge in [-0.1, -0.05) is 12.8 Å². The van der Waals surface area contributed by atoms with Crippen molar-refractivity contribution in [2.75, 3.05) is 32.2 Å². The molecule has 1 N–H and O–H groups in total. The van der Waals surface area contributed by atoms with Crippen molar-refractivity contribution in [1.29, 1.82) is 0 Å². The molecule has 1 fully saturated rings. The van der Waals surface area contributed by atoms with E-state index in [-0.39, 0.29) is 12.0 Å². The summed E-state index contributed by atoms with van der Waals surface area (Å²) in [6.45, 7) is 3.03. The van der Waals surface area contributed by atoms with Gasteiger partial charge in [0.05, 0.1) is 24.9 Å². The molecule has 1 aliphatic rings. The fourth-order valence-corrected chi connectivity index (χ4v) is 3.62. The van der Waals surface area contributed by atoms with Gasteiger partial charge in [0.2, 0.25) is 5.95 Å². The Bertz CT molecular complexity index is 696. The van der Waals surface area contributed by atoms with Crippen LogP contribution in [0.25, 0.3) is 10.9 Å². The highest BCUT2D eigenvalue weighted by Crippen LogP contribution is 2.38. The Balaban J connectivity index is 1.92. The molecule has 1 saturated carbocycles. The number of fused-ring (bicyclic) bond motifs is 1. The lowest BCUT2D eigenvalue weighted by Crippen LogP contribution is -2.37. The number of rotatable bonds is 5. The topological polar surface area (TPSA) is 58.5 Å². The molecule has 1 aromatic carbocycles. The van der Waals surface area contributed by atoms with E-state index in [1.807, 2.05) is 32.2 Å². The lowest BCUT2D eigenvalue weighted by Gasteiger charge is -2.32. The molecule has 124 valence electrons. The highest BCUT2D eigenvalue weighted by Gasteiger charge is 2.34. The average Bonchev–Trinajstić information content (AvgIpc) is 3.03. The number of aliphatic hydroxyl groups is 1. The summed E-state index contributed by atoms with van der Waals surface area (Å²) >= 11 is 0. The quantitative estimate of drug-likeness (QED) is 0.919. The number of methoxy groups -OCH3 is 1. The number of aryl methyl sites for hydroxylation is 1. The van der Waals surface area contributed by atoms with E-state index in [1.165, 1.54) is 12.8 Å². The molecule has 0 bridgehead atoms. The van der Waals surface area contributed by atoms with Gasteiger partial charge in [-0.2, -0.15) is 0 Å². The number of hydrogen-bond acceptors (Lipinski definition) is 5. The van der Waals surface area contributed by atoms with Crippen LogP contribution in [0.1, 0.15) is 31.4 Å². The first-order valence-corrected chi connectivity index (χ1v) is 8.21. The molecular formula is C18H25N3O2. The fourth-order valence-electron chi connectivity index (χ4n) is 3.62. The van der Waals surface area contributed by atoms with Crippen LogP contribution in [0.4, 0.5) is 5.95 Å². The SMILES string of the molecule is COc1ccc2c(C)nc(N(C)CC3(CO)CCCC3)nc2c1. The van der Waals surface area contributed by atoms with Crippen molar-refractivity contribution in [3.63, 3.8) is 0 Å². The third kappa shape index (κ3) is 3.11. The third-order valence-corrected chi connectivity index (χ3v) is 5.00. The van der Waals surface area contributed by atoms with Crippen molar-refractivity contribution in [2.24, 2.45) is 5.41 Å². The molecule has 0 radical (unpaired) electrons. The van der Waals surface area contributed by atoms with Gasteiger partial charge in [0.1, 0.15) is 5.75 Å². The maximum absolute atomic E-state index is 9.82. The predicted molar refractivity (Wildman–Crippen MR) is 92.1 cm³/mol. The first kappa shape index (κ1) is 16.0. The van der Waals surface area contributed by atoms with Crippen LogP contribution < -0.4 is 9.64 Å². The monoisotopic (exact) mass is 315 g/mol. The van der Waals surface area contributed by atoms with Crippen LogP contribution in [-0.2, 0) is 0 Å². The minimum absolute atomic E-state index is 0.00461. The third-order valence-electron chi connectivity index (χ3n) is 5.00. The molecule has 5 nitrogen and oxygen atoms in total. The van der Waals surface area contributed by atoms with Gasteiger partial charge < -0.3 is 14.7 Å². The van der Waals surface area contributed by atoms with E-state index in [0.29, 0.717) is 5.95 Å². The van der Waals surface area contributed by atoms with Crippen LogP contribution in [-0.4, -0.2) is 42.4 Å². The second-order valence-electron chi connectivity index (χ2n) is 6.71. The Hall–Kier alpha value is -1.88. The standard InChI is InChI=1S/C18H25N3O2/c1-13-15-7-6-14(23-3)10-16(15)20-17(19-13)21(2)11-18(12-22)8-4-5-9-18/h6-7,10,22H,4-5,8-9,11-12H2,1-3H3. The predicted octanol–water partition coefficient (Wildman–Crippen LogP) is 2.94. The minimum atomic E-state index is -0.00461. The molecule has 0 aliphatic heterocycles. The molecule has 0 spiro atoms. The van der Waals surface area contributed by atoms with Gasteiger partial charge in [-0.3, -0.25) is 0 Å². The summed E-state index contributed by atoms with van der Waals surface area (Å²) in [6, 6.07) is 5.87. The summed E-state index contributed by atoms with van der Waals surface area (Å²) in [6.07, 6.45) is 4.55. The van der Waals surface area contributed by atoms with E-state index < -0.39 is 0 Å². The number of anilines is 1. The van der Waals surface area contributed by atoms with Gasteiger partial charge in [-0.25, -0.2) is 9.97 Å². The summed E-state index contributed by atoms with van der Waals surface area (Å²) in [7, 11) is 3.67. The molecule has 0 atom stereocenters. The van der Waals surface area contributed by atoms with Crippen molar-refractivity contribution >= 4 is 16.9 Å². The number of nitrogens with zero attached hydrogens (tertiary/aromatic N) is 3. The van der Waals surface area contributed by atoms with E-state index in [0.717, 1.165) is 41.7 Å². The van der Waals surface area contributed by atoms with Crippen LogP contribution in [0.2, 0.25) is 0 Å². The summed E-state index contributed by atoms with van der Waals surface area (Å²) in [5.41, 5.74) is 1.85. The van der Waals surface area contributed by atoms with Crippen LogP contribution in [0.3, 0.4) is 0 Å². The molecule has 3 rings (SSSR count). The number of aliphatic hydroxyl groups excluding tert-OH is 1. The van der Waals surface area contributed by atoms with E-state index in [4.69, 9.17) is 9.72 Å². The zero-order valence-electron chi connectivity index (χ0n) is 14.2. The maximum Gasteiger partial charge on any atom is 0.225 e. The number of ether oxygens (including phenoxy) is 1. The van der Waals surface area contributed by atoms with Gasteiger partial charge in [0.15, 0.2) is 0 Å². The Morgan fingerprint density at radius 1 is 1.26 bits per heavy atom. The summed E-state index contributed by atoms with van der Waals surface area (Å²) in [5.74, 6) is 1.51. The normalized spacial score (nSPS) is 16.7. The van der Waals surface area contributed by atoms with Crippen LogP contribution in [0.15, 0.2) is 18.2 Å². The molecule has 1 aromatic heterocycles. The lowest BCUT2D eigenvalue weighted by atomic mass is 9.87. The molecule has 1 heterocycles. The van der Waals surface area contributed by atoms with Gasteiger partial charge in [-0.15, -0.1) is 0 Å². The fraction of sp³-hybridized carbons (Fsp3) is 0.556. The van der Waals surface area contributed by atoms with Gasteiger partial charge in [-0.05, 0) is 31.9 Å². The van der Waals surface area contributed by atoms with E-state index in [9.17, 15) is 5.11 Å². The zero-order chi connectivity index (χ0) is 16.4. The maximum atomic E-state index is 9.82. The number of hydrogen-bond donors (Lipinski definition) is 1. The Morgan fingerprint density at radius 3 is 2.65 bits per heavy atom. The van der Waals surface area contributed by atoms with Crippen LogP contribution >= 0.6 is 0 Å². The second kappa shape index (κ2) is 6.32. The second-order valence-corrected chi connectivity index (χ2v) is 6.71. The Labute approximate surface area is 137 Å². The number of benzene rings is 1. The number of aromatic nitrogens is 2. The molecule has 2 aromatic rings. The van der Waals surface area contributed by atoms with Gasteiger partial charge in [0.25, 0.3) is 0 Å². The van der Waals surface area contributed by atoms with Gasteiger partial charge in [0, 0.05) is 30.5 Å². The Morgan fingerprint density at radius 2 is 2.00 bits per heavy atom. The zero-order valence-corrected chi connectivity index (χ0v) is 14.2. The lowest BCUT2D eigenvalue weighted by molar-refractivity contribution is 0.136. The van der Waals surface area contributed by atoms with Crippen LogP contribution in [0, 0.1) is 12.3 Å². The van der Waals surface area contributed by atoms with Crippen molar-refractivity contribution in [2.45, 2.75) is 32.6 Å². The smallest absolute Gasteiger partial charge is 0.225 e. The summed E-state index contributed by atoms with van der Waals surface area (Å²) < 4.78 is 5.30. The highest BCUT2D eigenvalue weighted by molar-refractivity contribution is 5.83. The molecule has 1 aliphatic carbocycles. The van der Waals surface area contributed by atoms with Crippen LogP contribution in [0.5, 0.6) is 5.75 Å². The molecule has 0 unspecified atom stereocenters. The molecule has 5 heteroatoms. The van der Waals surface area contributed by atoms with E-state index >= 15 is 0 Å². The largest absolute Gasteiger partial charge is 0.497 e. The van der Waals surface area contributed by atoms with Gasteiger partial charge >= 0.3 is 0 Å². The summed E-state index contributed by atoms with van der Waals surface area (Å²) in [4.78, 5) is 11.4. The molecular weight excluding hydrogens is 290 g/mol. The Kier molecular flexibility index (Phi) is 4.39. The van der Waals surface area contributed by atoms with E-state index in [2.05, 4.69) is 9.88 Å². The first-order chi connectivity index (χ1) is 11.1.